The molecular formula is C32H32N2O4. The minimum Gasteiger partial charge on any atom is -0.452 e. The van der Waals surface area contributed by atoms with Gasteiger partial charge in [0.25, 0.3) is 11.8 Å². The summed E-state index contributed by atoms with van der Waals surface area (Å²) in [6, 6.07) is 23.6. The molecule has 194 valence electrons. The summed E-state index contributed by atoms with van der Waals surface area (Å²) in [4.78, 5) is 37.8. The molecule has 0 unspecified atom stereocenters. The van der Waals surface area contributed by atoms with E-state index in [0.29, 0.717) is 22.4 Å². The van der Waals surface area contributed by atoms with E-state index < -0.39 is 18.5 Å². The molecule has 0 heterocycles. The summed E-state index contributed by atoms with van der Waals surface area (Å²) >= 11 is 0. The molecule has 0 aromatic heterocycles. The highest BCUT2D eigenvalue weighted by atomic mass is 16.5. The van der Waals surface area contributed by atoms with Crippen LogP contribution in [0, 0.1) is 17.8 Å². The summed E-state index contributed by atoms with van der Waals surface area (Å²) in [6.45, 7) is -0.420. The van der Waals surface area contributed by atoms with Gasteiger partial charge in [-0.1, -0.05) is 42.5 Å². The van der Waals surface area contributed by atoms with Gasteiger partial charge in [0.2, 0.25) is 0 Å². The molecule has 2 amide bonds. The maximum absolute atomic E-state index is 12.7. The van der Waals surface area contributed by atoms with E-state index in [4.69, 9.17) is 4.74 Å². The van der Waals surface area contributed by atoms with Crippen molar-refractivity contribution >= 4 is 29.2 Å². The number of hydrogen-bond donors (Lipinski definition) is 2. The van der Waals surface area contributed by atoms with Crippen LogP contribution < -0.4 is 10.6 Å². The number of anilines is 2. The van der Waals surface area contributed by atoms with Crippen LogP contribution in [0.25, 0.3) is 0 Å². The molecule has 4 bridgehead atoms. The normalized spacial score (nSPS) is 25.0. The number of esters is 1. The summed E-state index contributed by atoms with van der Waals surface area (Å²) in [5, 5.41) is 5.58. The van der Waals surface area contributed by atoms with E-state index >= 15 is 0 Å². The molecule has 2 N–H and O–H groups in total. The first kappa shape index (κ1) is 24.4. The molecule has 0 saturated heterocycles. The summed E-state index contributed by atoms with van der Waals surface area (Å²) in [5.41, 5.74) is 3.39. The first-order chi connectivity index (χ1) is 18.5. The molecule has 6 heteroatoms. The number of ether oxygens (including phenoxy) is 1. The van der Waals surface area contributed by atoms with E-state index in [1.807, 2.05) is 18.2 Å². The number of amides is 2. The number of nitrogens with one attached hydrogen (secondary N) is 2. The second kappa shape index (κ2) is 10.1. The molecule has 3 aromatic carbocycles. The van der Waals surface area contributed by atoms with Crippen molar-refractivity contribution in [2.45, 2.75) is 43.9 Å². The van der Waals surface area contributed by atoms with Gasteiger partial charge in [0, 0.05) is 11.3 Å². The monoisotopic (exact) mass is 508 g/mol. The van der Waals surface area contributed by atoms with Crippen molar-refractivity contribution in [3.05, 3.63) is 95.6 Å². The molecular weight excluding hydrogens is 476 g/mol. The smallest absolute Gasteiger partial charge is 0.340 e. The number of para-hydroxylation sites is 1. The summed E-state index contributed by atoms with van der Waals surface area (Å²) in [7, 11) is 0. The van der Waals surface area contributed by atoms with Crippen molar-refractivity contribution < 1.29 is 19.1 Å². The number of hydrogen-bond acceptors (Lipinski definition) is 4. The Kier molecular flexibility index (Phi) is 6.48. The van der Waals surface area contributed by atoms with Gasteiger partial charge in [0.05, 0.1) is 11.3 Å². The fourth-order valence-corrected chi connectivity index (χ4v) is 7.33. The lowest BCUT2D eigenvalue weighted by atomic mass is 9.48. The number of carbonyl (C=O) groups excluding carboxylic acids is 3. The third-order valence-corrected chi connectivity index (χ3v) is 8.58. The van der Waals surface area contributed by atoms with Gasteiger partial charge < -0.3 is 15.4 Å². The molecule has 0 aliphatic heterocycles. The predicted octanol–water partition coefficient (Wildman–Crippen LogP) is 6.20. The SMILES string of the molecule is O=C(COC(=O)c1ccccc1NC(=O)c1ccccc1)Nc1ccc(C23CC4CC(CC(C4)C2)C3)cc1. The van der Waals surface area contributed by atoms with E-state index in [2.05, 4.69) is 22.8 Å². The Morgan fingerprint density at radius 2 is 1.34 bits per heavy atom. The molecule has 0 spiro atoms. The van der Waals surface area contributed by atoms with Crippen LogP contribution in [-0.4, -0.2) is 24.4 Å². The first-order valence-corrected chi connectivity index (χ1v) is 13.5. The molecule has 0 atom stereocenters. The molecule has 7 rings (SSSR count). The van der Waals surface area contributed by atoms with Crippen LogP contribution in [0.5, 0.6) is 0 Å². The molecule has 4 aliphatic carbocycles. The highest BCUT2D eigenvalue weighted by Gasteiger charge is 2.51. The van der Waals surface area contributed by atoms with E-state index in [1.54, 1.807) is 48.5 Å². The second-order valence-electron chi connectivity index (χ2n) is 11.3. The third kappa shape index (κ3) is 4.95. The number of benzene rings is 3. The first-order valence-electron chi connectivity index (χ1n) is 13.5. The van der Waals surface area contributed by atoms with Crippen LogP contribution in [0.15, 0.2) is 78.9 Å². The Hall–Kier alpha value is -3.93. The van der Waals surface area contributed by atoms with Crippen molar-refractivity contribution in [1.29, 1.82) is 0 Å². The fraction of sp³-hybridized carbons (Fsp3) is 0.344. The van der Waals surface area contributed by atoms with Crippen molar-refractivity contribution in [1.82, 2.24) is 0 Å². The maximum atomic E-state index is 12.7. The zero-order chi connectivity index (χ0) is 26.1. The van der Waals surface area contributed by atoms with E-state index in [0.717, 1.165) is 17.8 Å². The van der Waals surface area contributed by atoms with Crippen LogP contribution in [-0.2, 0) is 14.9 Å². The van der Waals surface area contributed by atoms with Gasteiger partial charge in [0.15, 0.2) is 6.61 Å². The Balaban J connectivity index is 1.05. The van der Waals surface area contributed by atoms with Crippen LogP contribution in [0.4, 0.5) is 11.4 Å². The Morgan fingerprint density at radius 1 is 0.737 bits per heavy atom. The van der Waals surface area contributed by atoms with Crippen molar-refractivity contribution in [2.75, 3.05) is 17.2 Å². The largest absolute Gasteiger partial charge is 0.452 e. The zero-order valence-corrected chi connectivity index (χ0v) is 21.3. The van der Waals surface area contributed by atoms with E-state index in [9.17, 15) is 14.4 Å². The second-order valence-corrected chi connectivity index (χ2v) is 11.3. The fourth-order valence-electron chi connectivity index (χ4n) is 7.33. The number of rotatable bonds is 7. The summed E-state index contributed by atoms with van der Waals surface area (Å²) < 4.78 is 5.28. The Labute approximate surface area is 222 Å². The van der Waals surface area contributed by atoms with Gasteiger partial charge in [0.1, 0.15) is 0 Å². The molecule has 3 aromatic rings. The molecule has 6 nitrogen and oxygen atoms in total. The third-order valence-electron chi connectivity index (χ3n) is 8.58. The minimum atomic E-state index is -0.679. The van der Waals surface area contributed by atoms with Crippen LogP contribution >= 0.6 is 0 Å². The van der Waals surface area contributed by atoms with Crippen molar-refractivity contribution in [2.24, 2.45) is 17.8 Å². The Morgan fingerprint density at radius 3 is 2.00 bits per heavy atom. The quantitative estimate of drug-likeness (QED) is 0.372. The van der Waals surface area contributed by atoms with Gasteiger partial charge in [-0.25, -0.2) is 4.79 Å². The summed E-state index contributed by atoms with van der Waals surface area (Å²) in [5.74, 6) is 1.22. The maximum Gasteiger partial charge on any atom is 0.340 e. The molecule has 38 heavy (non-hydrogen) atoms. The molecule has 4 saturated carbocycles. The lowest BCUT2D eigenvalue weighted by Crippen LogP contribution is -2.48. The predicted molar refractivity (Wildman–Crippen MR) is 146 cm³/mol. The highest BCUT2D eigenvalue weighted by Crippen LogP contribution is 2.60. The van der Waals surface area contributed by atoms with E-state index in [-0.39, 0.29) is 11.5 Å². The average Bonchev–Trinajstić information content (AvgIpc) is 2.92. The highest BCUT2D eigenvalue weighted by molar-refractivity contribution is 6.08. The standard InChI is InChI=1S/C32H32N2O4/c35-29(20-38-31(37)27-8-4-5-9-28(27)34-30(36)24-6-2-1-3-7-24)33-26-12-10-25(11-13-26)32-17-21-14-22(18-32)16-23(15-21)19-32/h1-13,21-23H,14-20H2,(H,33,35)(H,34,36). The molecule has 4 fully saturated rings. The van der Waals surface area contributed by atoms with Crippen LogP contribution in [0.2, 0.25) is 0 Å². The summed E-state index contributed by atoms with van der Waals surface area (Å²) in [6.07, 6.45) is 8.14. The number of carbonyl (C=O) groups is 3. The van der Waals surface area contributed by atoms with Crippen molar-refractivity contribution in [3.8, 4) is 0 Å². The molecule has 0 radical (unpaired) electrons. The lowest BCUT2D eigenvalue weighted by molar-refractivity contribution is -0.119. The van der Waals surface area contributed by atoms with E-state index in [1.165, 1.54) is 44.1 Å². The minimum absolute atomic E-state index is 0.185. The van der Waals surface area contributed by atoms with Crippen LogP contribution in [0.3, 0.4) is 0 Å². The van der Waals surface area contributed by atoms with Crippen LogP contribution in [0.1, 0.15) is 64.8 Å². The lowest BCUT2D eigenvalue weighted by Gasteiger charge is -2.57. The van der Waals surface area contributed by atoms with Gasteiger partial charge in [-0.3, -0.25) is 9.59 Å². The van der Waals surface area contributed by atoms with Gasteiger partial charge >= 0.3 is 5.97 Å². The van der Waals surface area contributed by atoms with Gasteiger partial charge in [-0.15, -0.1) is 0 Å². The molecule has 4 aliphatic rings. The van der Waals surface area contributed by atoms with Gasteiger partial charge in [-0.05, 0) is 104 Å². The topological polar surface area (TPSA) is 84.5 Å². The van der Waals surface area contributed by atoms with Gasteiger partial charge in [-0.2, -0.15) is 0 Å². The zero-order valence-electron chi connectivity index (χ0n) is 21.3. The average molecular weight is 509 g/mol. The van der Waals surface area contributed by atoms with Crippen molar-refractivity contribution in [3.63, 3.8) is 0 Å². The Bertz CT molecular complexity index is 1310.